The van der Waals surface area contributed by atoms with Crippen LogP contribution in [0.15, 0.2) is 23.2 Å². The molecule has 6 nitrogen and oxygen atoms in total. The number of benzene rings is 1. The highest BCUT2D eigenvalue weighted by Crippen LogP contribution is 2.38. The van der Waals surface area contributed by atoms with Gasteiger partial charge in [-0.1, -0.05) is 0 Å². The van der Waals surface area contributed by atoms with Crippen LogP contribution in [0.1, 0.15) is 37.8 Å². The molecule has 1 N–H and O–H groups in total. The molecule has 6 heteroatoms. The van der Waals surface area contributed by atoms with E-state index in [0.717, 1.165) is 41.7 Å². The predicted molar refractivity (Wildman–Crippen MR) is 104 cm³/mol. The first-order chi connectivity index (χ1) is 12.7. The van der Waals surface area contributed by atoms with Crippen molar-refractivity contribution in [3.63, 3.8) is 0 Å². The van der Waals surface area contributed by atoms with Crippen LogP contribution in [0.2, 0.25) is 0 Å². The minimum Gasteiger partial charge on any atom is -0.494 e. The summed E-state index contributed by atoms with van der Waals surface area (Å²) < 4.78 is 12.7. The number of ether oxygens (including phenoxy) is 2. The Morgan fingerprint density at radius 2 is 2.12 bits per heavy atom. The first-order valence-electron chi connectivity index (χ1n) is 9.43. The summed E-state index contributed by atoms with van der Waals surface area (Å²) in [7, 11) is 1.69. The number of aromatic nitrogens is 1. The van der Waals surface area contributed by atoms with Crippen molar-refractivity contribution in [2.45, 2.75) is 32.2 Å². The number of hydrogen-bond donors (Lipinski definition) is 1. The van der Waals surface area contributed by atoms with Crippen LogP contribution in [-0.2, 0) is 9.47 Å². The molecule has 1 saturated heterocycles. The highest BCUT2D eigenvalue weighted by Gasteiger charge is 2.25. The molecule has 1 unspecified atom stereocenters. The summed E-state index contributed by atoms with van der Waals surface area (Å²) in [5, 5.41) is 12.2. The summed E-state index contributed by atoms with van der Waals surface area (Å²) in [6.45, 7) is 5.81. The Balaban J connectivity index is 1.89. The smallest absolute Gasteiger partial charge is 0.201 e. The Labute approximate surface area is 154 Å². The van der Waals surface area contributed by atoms with Crippen molar-refractivity contribution >= 4 is 22.3 Å². The third kappa shape index (κ3) is 2.97. The lowest BCUT2D eigenvalue weighted by Crippen LogP contribution is -2.17. The van der Waals surface area contributed by atoms with E-state index in [4.69, 9.17) is 9.47 Å². The monoisotopic (exact) mass is 357 g/mol. The van der Waals surface area contributed by atoms with Crippen LogP contribution in [0.5, 0.6) is 5.88 Å². The first-order valence-corrected chi connectivity index (χ1v) is 9.43. The molecule has 26 heavy (non-hydrogen) atoms. The molecule has 0 saturated carbocycles. The van der Waals surface area contributed by atoms with Gasteiger partial charge in [-0.05, 0) is 38.0 Å². The van der Waals surface area contributed by atoms with Crippen molar-refractivity contribution < 1.29 is 14.6 Å². The number of aliphatic imine (C=N–C) groups is 1. The van der Waals surface area contributed by atoms with Crippen molar-refractivity contribution in [2.75, 3.05) is 45.0 Å². The molecule has 0 spiro atoms. The van der Waals surface area contributed by atoms with Gasteiger partial charge in [0.05, 0.1) is 36.0 Å². The maximum atomic E-state index is 11.1. The van der Waals surface area contributed by atoms with E-state index >= 15 is 0 Å². The molecule has 0 radical (unpaired) electrons. The molecule has 4 rings (SSSR count). The highest BCUT2D eigenvalue weighted by molar-refractivity contribution is 6.14. The Bertz CT molecular complexity index is 821. The standard InChI is InChI=1S/C20H27N3O3/c1-14(12-25-2)23-18-6-5-15(22-8-3-4-9-22)11-16(18)19(20(23)24)17-7-10-26-13-21-17/h5-6,11,14,24H,3-4,7-10,12-13H2,1-2H3. The summed E-state index contributed by atoms with van der Waals surface area (Å²) in [5.41, 5.74) is 4.03. The van der Waals surface area contributed by atoms with E-state index in [0.29, 0.717) is 19.9 Å². The molecule has 140 valence electrons. The van der Waals surface area contributed by atoms with Crippen molar-refractivity contribution in [3.05, 3.63) is 23.8 Å². The molecule has 1 atom stereocenters. The van der Waals surface area contributed by atoms with Crippen molar-refractivity contribution in [2.24, 2.45) is 4.99 Å². The fourth-order valence-corrected chi connectivity index (χ4v) is 4.15. The van der Waals surface area contributed by atoms with Gasteiger partial charge in [-0.15, -0.1) is 0 Å². The molecule has 2 aliphatic rings. The number of fused-ring (bicyclic) bond motifs is 1. The largest absolute Gasteiger partial charge is 0.494 e. The number of anilines is 1. The minimum absolute atomic E-state index is 0.0364. The zero-order valence-electron chi connectivity index (χ0n) is 15.6. The minimum atomic E-state index is 0.0364. The van der Waals surface area contributed by atoms with E-state index in [9.17, 15) is 5.11 Å². The van der Waals surface area contributed by atoms with Gasteiger partial charge in [-0.25, -0.2) is 0 Å². The predicted octanol–water partition coefficient (Wildman–Crippen LogP) is 3.32. The molecular formula is C20H27N3O3. The maximum absolute atomic E-state index is 11.1. The third-order valence-corrected chi connectivity index (χ3v) is 5.40. The molecule has 0 bridgehead atoms. The molecule has 3 heterocycles. The summed E-state index contributed by atoms with van der Waals surface area (Å²) in [6, 6.07) is 6.54. The Kier molecular flexibility index (Phi) is 4.87. The summed E-state index contributed by atoms with van der Waals surface area (Å²) in [6.07, 6.45) is 3.21. The fraction of sp³-hybridized carbons (Fsp3) is 0.550. The lowest BCUT2D eigenvalue weighted by atomic mass is 10.0. The van der Waals surface area contributed by atoms with E-state index in [1.54, 1.807) is 7.11 Å². The van der Waals surface area contributed by atoms with E-state index in [1.807, 2.05) is 4.57 Å². The third-order valence-electron chi connectivity index (χ3n) is 5.40. The van der Waals surface area contributed by atoms with Crippen LogP contribution in [0, 0.1) is 0 Å². The summed E-state index contributed by atoms with van der Waals surface area (Å²) >= 11 is 0. The zero-order chi connectivity index (χ0) is 18.1. The molecule has 0 aliphatic carbocycles. The topological polar surface area (TPSA) is 59.2 Å². The van der Waals surface area contributed by atoms with Gasteiger partial charge in [0.15, 0.2) is 0 Å². The number of aromatic hydroxyl groups is 1. The lowest BCUT2D eigenvalue weighted by molar-refractivity contribution is 0.140. The average molecular weight is 357 g/mol. The van der Waals surface area contributed by atoms with Gasteiger partial charge >= 0.3 is 0 Å². The van der Waals surface area contributed by atoms with Gasteiger partial charge in [0.25, 0.3) is 0 Å². The van der Waals surface area contributed by atoms with Crippen LogP contribution in [-0.4, -0.2) is 55.5 Å². The molecule has 1 aromatic carbocycles. The van der Waals surface area contributed by atoms with Crippen LogP contribution >= 0.6 is 0 Å². The number of methoxy groups -OCH3 is 1. The van der Waals surface area contributed by atoms with Gasteiger partial charge in [0.2, 0.25) is 5.88 Å². The van der Waals surface area contributed by atoms with Gasteiger partial charge < -0.3 is 24.0 Å². The molecule has 1 fully saturated rings. The normalized spacial score (nSPS) is 19.2. The Morgan fingerprint density at radius 1 is 1.31 bits per heavy atom. The van der Waals surface area contributed by atoms with Crippen LogP contribution in [0.25, 0.3) is 10.9 Å². The van der Waals surface area contributed by atoms with Crippen LogP contribution in [0.4, 0.5) is 5.69 Å². The van der Waals surface area contributed by atoms with Crippen molar-refractivity contribution in [3.8, 4) is 5.88 Å². The molecular weight excluding hydrogens is 330 g/mol. The van der Waals surface area contributed by atoms with Gasteiger partial charge in [0.1, 0.15) is 6.73 Å². The maximum Gasteiger partial charge on any atom is 0.201 e. The molecule has 2 aromatic rings. The van der Waals surface area contributed by atoms with Crippen LogP contribution < -0.4 is 4.90 Å². The molecule has 1 aromatic heterocycles. The average Bonchev–Trinajstić information content (AvgIpc) is 3.27. The molecule has 0 amide bonds. The second-order valence-electron chi connectivity index (χ2n) is 7.16. The highest BCUT2D eigenvalue weighted by atomic mass is 16.5. The van der Waals surface area contributed by atoms with Gasteiger partial charge in [0, 0.05) is 37.7 Å². The van der Waals surface area contributed by atoms with E-state index in [1.165, 1.54) is 18.5 Å². The number of rotatable bonds is 5. The first kappa shape index (κ1) is 17.4. The van der Waals surface area contributed by atoms with Gasteiger partial charge in [-0.3, -0.25) is 4.99 Å². The van der Waals surface area contributed by atoms with E-state index in [2.05, 4.69) is 35.0 Å². The Morgan fingerprint density at radius 3 is 2.81 bits per heavy atom. The van der Waals surface area contributed by atoms with E-state index < -0.39 is 0 Å². The Hall–Kier alpha value is -2.05. The SMILES string of the molecule is COCC(C)n1c(O)c(C2=NCOCC2)c2cc(N3CCCC3)ccc21. The summed E-state index contributed by atoms with van der Waals surface area (Å²) in [4.78, 5) is 6.95. The number of hydrogen-bond acceptors (Lipinski definition) is 5. The second-order valence-corrected chi connectivity index (χ2v) is 7.16. The second kappa shape index (κ2) is 7.29. The van der Waals surface area contributed by atoms with Gasteiger partial charge in [-0.2, -0.15) is 0 Å². The zero-order valence-corrected chi connectivity index (χ0v) is 15.6. The number of nitrogens with zero attached hydrogens (tertiary/aromatic N) is 3. The van der Waals surface area contributed by atoms with Crippen molar-refractivity contribution in [1.29, 1.82) is 0 Å². The quantitative estimate of drug-likeness (QED) is 0.892. The van der Waals surface area contributed by atoms with Crippen LogP contribution in [0.3, 0.4) is 0 Å². The van der Waals surface area contributed by atoms with Crippen molar-refractivity contribution in [1.82, 2.24) is 4.57 Å². The molecule has 2 aliphatic heterocycles. The fourth-order valence-electron chi connectivity index (χ4n) is 4.15. The van der Waals surface area contributed by atoms with E-state index in [-0.39, 0.29) is 11.9 Å². The lowest BCUT2D eigenvalue weighted by Gasteiger charge is -2.18. The summed E-state index contributed by atoms with van der Waals surface area (Å²) in [5.74, 6) is 0.281.